The molecule has 0 fully saturated rings. The van der Waals surface area contributed by atoms with Crippen LogP contribution in [0.15, 0.2) is 18.3 Å². The van der Waals surface area contributed by atoms with Crippen molar-refractivity contribution in [3.8, 4) is 17.2 Å². The summed E-state index contributed by atoms with van der Waals surface area (Å²) in [7, 11) is 4.60. The molecule has 0 amide bonds. The van der Waals surface area contributed by atoms with Gasteiger partial charge in [0.05, 0.1) is 26.7 Å². The van der Waals surface area contributed by atoms with Crippen LogP contribution in [-0.2, 0) is 0 Å². The summed E-state index contributed by atoms with van der Waals surface area (Å²) in [4.78, 5) is 7.83. The fourth-order valence-electron chi connectivity index (χ4n) is 2.04. The van der Waals surface area contributed by atoms with Crippen molar-refractivity contribution in [3.05, 3.63) is 29.5 Å². The number of rotatable bonds is 5. The molecule has 0 aliphatic rings. The van der Waals surface area contributed by atoms with Gasteiger partial charge in [-0.15, -0.1) is 11.6 Å². The summed E-state index contributed by atoms with van der Waals surface area (Å²) in [6, 6.07) is 3.49. The van der Waals surface area contributed by atoms with E-state index in [4.69, 9.17) is 37.3 Å². The Morgan fingerprint density at radius 1 is 1.05 bits per heavy atom. The molecule has 0 saturated heterocycles. The second-order valence-electron chi connectivity index (χ2n) is 4.39. The molecule has 0 aliphatic heterocycles. The van der Waals surface area contributed by atoms with Crippen LogP contribution < -0.4 is 25.7 Å². The normalized spacial score (nSPS) is 11.8. The van der Waals surface area contributed by atoms with Crippen LogP contribution in [0, 0.1) is 0 Å². The second kappa shape index (κ2) is 6.57. The van der Waals surface area contributed by atoms with Gasteiger partial charge in [0.2, 0.25) is 11.7 Å². The Labute approximate surface area is 133 Å². The highest BCUT2D eigenvalue weighted by Crippen LogP contribution is 2.42. The maximum absolute atomic E-state index is 6.49. The molecular formula is C14H17ClN4O3. The minimum absolute atomic E-state index is 0.0926. The molecule has 4 N–H and O–H groups in total. The molecule has 8 heteroatoms. The van der Waals surface area contributed by atoms with Crippen LogP contribution in [0.4, 0.5) is 11.8 Å². The summed E-state index contributed by atoms with van der Waals surface area (Å²) in [5.74, 6) is 1.80. The number of halogens is 1. The number of aromatic nitrogens is 2. The number of hydrogen-bond acceptors (Lipinski definition) is 7. The van der Waals surface area contributed by atoms with E-state index < -0.39 is 5.38 Å². The number of nitrogen functional groups attached to an aromatic ring is 2. The van der Waals surface area contributed by atoms with Crippen LogP contribution in [-0.4, -0.2) is 31.3 Å². The summed E-state index contributed by atoms with van der Waals surface area (Å²) >= 11 is 6.49. The van der Waals surface area contributed by atoms with E-state index in [0.717, 1.165) is 0 Å². The van der Waals surface area contributed by atoms with Crippen molar-refractivity contribution in [3.63, 3.8) is 0 Å². The van der Waals surface area contributed by atoms with E-state index in [0.29, 0.717) is 28.4 Å². The molecular weight excluding hydrogens is 308 g/mol. The first-order chi connectivity index (χ1) is 10.5. The van der Waals surface area contributed by atoms with Crippen LogP contribution in [0.1, 0.15) is 16.5 Å². The van der Waals surface area contributed by atoms with Gasteiger partial charge in [-0.3, -0.25) is 0 Å². The maximum atomic E-state index is 6.49. The first-order valence-corrected chi connectivity index (χ1v) is 6.77. The second-order valence-corrected chi connectivity index (χ2v) is 4.83. The maximum Gasteiger partial charge on any atom is 0.221 e. The van der Waals surface area contributed by atoms with E-state index in [2.05, 4.69) is 9.97 Å². The zero-order valence-electron chi connectivity index (χ0n) is 12.5. The van der Waals surface area contributed by atoms with E-state index in [1.807, 2.05) is 0 Å². The number of methoxy groups -OCH3 is 3. The minimum Gasteiger partial charge on any atom is -0.493 e. The lowest BCUT2D eigenvalue weighted by Crippen LogP contribution is -2.06. The molecule has 1 unspecified atom stereocenters. The fraction of sp³-hybridized carbons (Fsp3) is 0.286. The van der Waals surface area contributed by atoms with Crippen molar-refractivity contribution in [1.29, 1.82) is 0 Å². The molecule has 1 aromatic heterocycles. The first-order valence-electron chi connectivity index (χ1n) is 6.33. The molecule has 0 saturated carbocycles. The molecule has 1 aromatic carbocycles. The Kier molecular flexibility index (Phi) is 4.77. The standard InChI is InChI=1S/C14H17ClN4O3/c1-20-9-4-7(5-10(21-2)12(9)22-3)11(15)8-6-18-14(17)19-13(8)16/h4-6,11H,1-3H3,(H4,16,17,18,19). The molecule has 0 radical (unpaired) electrons. The number of anilines is 2. The number of nitrogens with zero attached hydrogens (tertiary/aromatic N) is 2. The third-order valence-electron chi connectivity index (χ3n) is 3.12. The van der Waals surface area contributed by atoms with Crippen molar-refractivity contribution in [2.45, 2.75) is 5.38 Å². The molecule has 0 bridgehead atoms. The summed E-state index contributed by atoms with van der Waals surface area (Å²) < 4.78 is 15.9. The molecule has 1 atom stereocenters. The molecule has 22 heavy (non-hydrogen) atoms. The highest BCUT2D eigenvalue weighted by atomic mass is 35.5. The van der Waals surface area contributed by atoms with Gasteiger partial charge in [0.15, 0.2) is 11.5 Å². The number of alkyl halides is 1. The zero-order chi connectivity index (χ0) is 16.3. The number of benzene rings is 1. The van der Waals surface area contributed by atoms with Gasteiger partial charge < -0.3 is 25.7 Å². The Balaban J connectivity index is 2.51. The highest BCUT2D eigenvalue weighted by Gasteiger charge is 2.21. The van der Waals surface area contributed by atoms with E-state index in [9.17, 15) is 0 Å². The molecule has 0 spiro atoms. The van der Waals surface area contributed by atoms with Crippen molar-refractivity contribution in [2.24, 2.45) is 0 Å². The van der Waals surface area contributed by atoms with Gasteiger partial charge in [-0.2, -0.15) is 4.98 Å². The number of ether oxygens (including phenoxy) is 3. The molecule has 0 aliphatic carbocycles. The van der Waals surface area contributed by atoms with Gasteiger partial charge in [-0.05, 0) is 17.7 Å². The Hall–Kier alpha value is -2.41. The van der Waals surface area contributed by atoms with E-state index in [1.165, 1.54) is 27.5 Å². The van der Waals surface area contributed by atoms with Crippen LogP contribution in [0.3, 0.4) is 0 Å². The predicted molar refractivity (Wildman–Crippen MR) is 84.7 cm³/mol. The monoisotopic (exact) mass is 324 g/mol. The molecule has 7 nitrogen and oxygen atoms in total. The molecule has 2 aromatic rings. The summed E-state index contributed by atoms with van der Waals surface area (Å²) in [5.41, 5.74) is 12.6. The van der Waals surface area contributed by atoms with Gasteiger partial charge in [-0.1, -0.05) is 0 Å². The SMILES string of the molecule is COc1cc(C(Cl)c2cnc(N)nc2N)cc(OC)c1OC. The average Bonchev–Trinajstić information content (AvgIpc) is 2.52. The van der Waals surface area contributed by atoms with Crippen molar-refractivity contribution < 1.29 is 14.2 Å². The van der Waals surface area contributed by atoms with E-state index >= 15 is 0 Å². The van der Waals surface area contributed by atoms with E-state index in [1.54, 1.807) is 12.1 Å². The topological polar surface area (TPSA) is 106 Å². The third kappa shape index (κ3) is 2.94. The quantitative estimate of drug-likeness (QED) is 0.810. The van der Waals surface area contributed by atoms with Gasteiger partial charge >= 0.3 is 0 Å². The first kappa shape index (κ1) is 16.0. The summed E-state index contributed by atoms with van der Waals surface area (Å²) in [6.07, 6.45) is 1.50. The van der Waals surface area contributed by atoms with Crippen molar-refractivity contribution in [2.75, 3.05) is 32.8 Å². The highest BCUT2D eigenvalue weighted by molar-refractivity contribution is 6.23. The fourth-order valence-corrected chi connectivity index (χ4v) is 2.34. The largest absolute Gasteiger partial charge is 0.493 e. The lowest BCUT2D eigenvalue weighted by Gasteiger charge is -2.17. The van der Waals surface area contributed by atoms with Crippen LogP contribution >= 0.6 is 11.6 Å². The summed E-state index contributed by atoms with van der Waals surface area (Å²) in [5, 5.41) is -0.589. The zero-order valence-corrected chi connectivity index (χ0v) is 13.2. The summed E-state index contributed by atoms with van der Waals surface area (Å²) in [6.45, 7) is 0. The lowest BCUT2D eigenvalue weighted by molar-refractivity contribution is 0.324. The van der Waals surface area contributed by atoms with E-state index in [-0.39, 0.29) is 11.8 Å². The van der Waals surface area contributed by atoms with Crippen molar-refractivity contribution in [1.82, 2.24) is 9.97 Å². The molecule has 118 valence electrons. The Bertz CT molecular complexity index is 656. The van der Waals surface area contributed by atoms with Crippen LogP contribution in [0.2, 0.25) is 0 Å². The Morgan fingerprint density at radius 3 is 2.09 bits per heavy atom. The van der Waals surface area contributed by atoms with Gasteiger partial charge in [-0.25, -0.2) is 4.98 Å². The minimum atomic E-state index is -0.589. The average molecular weight is 325 g/mol. The smallest absolute Gasteiger partial charge is 0.221 e. The third-order valence-corrected chi connectivity index (χ3v) is 3.61. The number of hydrogen-bond donors (Lipinski definition) is 2. The lowest BCUT2D eigenvalue weighted by atomic mass is 10.0. The van der Waals surface area contributed by atoms with Gasteiger partial charge in [0.1, 0.15) is 5.82 Å². The van der Waals surface area contributed by atoms with Crippen LogP contribution in [0.5, 0.6) is 17.2 Å². The molecule has 1 heterocycles. The van der Waals surface area contributed by atoms with Gasteiger partial charge in [0.25, 0.3) is 0 Å². The number of nitrogens with two attached hydrogens (primary N) is 2. The Morgan fingerprint density at radius 2 is 1.64 bits per heavy atom. The van der Waals surface area contributed by atoms with Crippen molar-refractivity contribution >= 4 is 23.4 Å². The predicted octanol–water partition coefficient (Wildman–Crippen LogP) is 1.99. The van der Waals surface area contributed by atoms with Gasteiger partial charge in [0, 0.05) is 11.8 Å². The molecule has 2 rings (SSSR count). The van der Waals surface area contributed by atoms with Crippen LogP contribution in [0.25, 0.3) is 0 Å².